The lowest BCUT2D eigenvalue weighted by Gasteiger charge is -2.21. The van der Waals surface area contributed by atoms with E-state index in [9.17, 15) is 13.2 Å². The van der Waals surface area contributed by atoms with E-state index >= 15 is 0 Å². The Morgan fingerprint density at radius 2 is 1.95 bits per heavy atom. The van der Waals surface area contributed by atoms with Gasteiger partial charge in [-0.15, -0.1) is 0 Å². The zero-order valence-corrected chi connectivity index (χ0v) is 12.2. The summed E-state index contributed by atoms with van der Waals surface area (Å²) in [6.45, 7) is 6.66. The Bertz CT molecular complexity index is 418. The van der Waals surface area contributed by atoms with Crippen LogP contribution in [-0.4, -0.2) is 25.9 Å². The molecule has 1 aromatic carbocycles. The van der Waals surface area contributed by atoms with Crippen molar-refractivity contribution in [3.8, 4) is 0 Å². The Hall–Kier alpha value is -1.07. The van der Waals surface area contributed by atoms with Crippen LogP contribution in [0.5, 0.6) is 0 Å². The van der Waals surface area contributed by atoms with Crippen molar-refractivity contribution >= 4 is 0 Å². The second-order valence-corrected chi connectivity index (χ2v) is 4.91. The summed E-state index contributed by atoms with van der Waals surface area (Å²) in [6.07, 6.45) is -5.06. The molecule has 0 radical (unpaired) electrons. The van der Waals surface area contributed by atoms with E-state index in [1.807, 2.05) is 32.9 Å². The molecule has 1 N–H and O–H groups in total. The first-order valence-corrected chi connectivity index (χ1v) is 6.78. The topological polar surface area (TPSA) is 21.3 Å². The smallest absolute Gasteiger partial charge is 0.379 e. The predicted octanol–water partition coefficient (Wildman–Crippen LogP) is 3.92. The van der Waals surface area contributed by atoms with Crippen molar-refractivity contribution < 1.29 is 17.9 Å². The second kappa shape index (κ2) is 7.64. The van der Waals surface area contributed by atoms with Gasteiger partial charge in [-0.1, -0.05) is 30.7 Å². The summed E-state index contributed by atoms with van der Waals surface area (Å²) < 4.78 is 41.4. The monoisotopic (exact) mass is 289 g/mol. The molecule has 1 atom stereocenters. The number of nitrogens with one attached hydrogen (secondary N) is 1. The number of rotatable bonds is 7. The summed E-state index contributed by atoms with van der Waals surface area (Å²) in [4.78, 5) is 0. The second-order valence-electron chi connectivity index (χ2n) is 4.91. The van der Waals surface area contributed by atoms with E-state index in [1.165, 1.54) is 5.56 Å². The van der Waals surface area contributed by atoms with Crippen LogP contribution in [0.1, 0.15) is 36.1 Å². The van der Waals surface area contributed by atoms with E-state index in [-0.39, 0.29) is 19.3 Å². The molecular weight excluding hydrogens is 267 g/mol. The highest BCUT2D eigenvalue weighted by atomic mass is 19.4. The Morgan fingerprint density at radius 3 is 2.50 bits per heavy atom. The van der Waals surface area contributed by atoms with Gasteiger partial charge in [-0.25, -0.2) is 0 Å². The van der Waals surface area contributed by atoms with E-state index in [1.54, 1.807) is 0 Å². The molecule has 0 bridgehead atoms. The van der Waals surface area contributed by atoms with Gasteiger partial charge in [0.25, 0.3) is 0 Å². The molecule has 114 valence electrons. The first kappa shape index (κ1) is 17.0. The van der Waals surface area contributed by atoms with Crippen LogP contribution in [0.4, 0.5) is 13.2 Å². The van der Waals surface area contributed by atoms with Gasteiger partial charge in [0.15, 0.2) is 0 Å². The van der Waals surface area contributed by atoms with Crippen molar-refractivity contribution in [2.24, 2.45) is 0 Å². The summed E-state index contributed by atoms with van der Waals surface area (Å²) in [5.41, 5.74) is 3.36. The number of alkyl halides is 3. The highest BCUT2D eigenvalue weighted by molar-refractivity contribution is 5.32. The summed E-state index contributed by atoms with van der Waals surface area (Å²) >= 11 is 0. The van der Waals surface area contributed by atoms with Gasteiger partial charge < -0.3 is 10.1 Å². The molecular formula is C15H22F3NO. The number of halogens is 3. The van der Waals surface area contributed by atoms with Crippen LogP contribution in [0.15, 0.2) is 18.2 Å². The Balaban J connectivity index is 2.60. The Labute approximate surface area is 118 Å². The van der Waals surface area contributed by atoms with Crippen LogP contribution < -0.4 is 5.32 Å². The fraction of sp³-hybridized carbons (Fsp3) is 0.600. The first-order valence-electron chi connectivity index (χ1n) is 6.78. The van der Waals surface area contributed by atoms with Gasteiger partial charge in [-0.2, -0.15) is 13.2 Å². The average Bonchev–Trinajstić information content (AvgIpc) is 2.32. The van der Waals surface area contributed by atoms with Crippen molar-refractivity contribution in [1.82, 2.24) is 5.32 Å². The molecule has 0 heterocycles. The number of likely N-dealkylation sites (N-methyl/N-ethyl adjacent to an activating group) is 1. The molecule has 2 nitrogen and oxygen atoms in total. The molecule has 1 aromatic rings. The van der Waals surface area contributed by atoms with Crippen LogP contribution in [0.3, 0.4) is 0 Å². The lowest BCUT2D eigenvalue weighted by molar-refractivity contribution is -0.145. The van der Waals surface area contributed by atoms with Crippen LogP contribution in [0.25, 0.3) is 0 Å². The SMILES string of the molecule is CCNC(COCCC(F)(F)F)c1ccc(C)cc1C. The van der Waals surface area contributed by atoms with Crippen LogP contribution in [0.2, 0.25) is 0 Å². The molecule has 0 amide bonds. The molecule has 1 unspecified atom stereocenters. The third-order valence-electron chi connectivity index (χ3n) is 3.07. The third kappa shape index (κ3) is 5.92. The van der Waals surface area contributed by atoms with Crippen molar-refractivity contribution in [2.75, 3.05) is 19.8 Å². The van der Waals surface area contributed by atoms with Crippen molar-refractivity contribution in [3.05, 3.63) is 34.9 Å². The number of hydrogen-bond acceptors (Lipinski definition) is 2. The van der Waals surface area contributed by atoms with E-state index in [2.05, 4.69) is 11.4 Å². The lowest BCUT2D eigenvalue weighted by Crippen LogP contribution is -2.27. The van der Waals surface area contributed by atoms with Crippen molar-refractivity contribution in [2.45, 2.75) is 39.4 Å². The number of benzene rings is 1. The van der Waals surface area contributed by atoms with Crippen LogP contribution >= 0.6 is 0 Å². The van der Waals surface area contributed by atoms with E-state index in [0.29, 0.717) is 0 Å². The van der Waals surface area contributed by atoms with Gasteiger partial charge in [-0.05, 0) is 31.5 Å². The number of hydrogen-bond donors (Lipinski definition) is 1. The zero-order chi connectivity index (χ0) is 15.2. The minimum absolute atomic E-state index is 0.0752. The molecule has 0 aliphatic carbocycles. The van der Waals surface area contributed by atoms with Crippen LogP contribution in [-0.2, 0) is 4.74 Å². The van der Waals surface area contributed by atoms with Gasteiger partial charge in [0.1, 0.15) is 0 Å². The fourth-order valence-electron chi connectivity index (χ4n) is 2.11. The maximum atomic E-state index is 12.1. The maximum Gasteiger partial charge on any atom is 0.391 e. The van der Waals surface area contributed by atoms with E-state index in [4.69, 9.17) is 4.74 Å². The van der Waals surface area contributed by atoms with Gasteiger partial charge in [0.05, 0.1) is 25.7 Å². The van der Waals surface area contributed by atoms with E-state index in [0.717, 1.165) is 17.7 Å². The highest BCUT2D eigenvalue weighted by Crippen LogP contribution is 2.21. The van der Waals surface area contributed by atoms with Crippen LogP contribution in [0, 0.1) is 13.8 Å². The first-order chi connectivity index (χ1) is 9.33. The number of aryl methyl sites for hydroxylation is 2. The van der Waals surface area contributed by atoms with Gasteiger partial charge in [0.2, 0.25) is 0 Å². The summed E-state index contributed by atoms with van der Waals surface area (Å²) in [5.74, 6) is 0. The van der Waals surface area contributed by atoms with Gasteiger partial charge in [0, 0.05) is 0 Å². The van der Waals surface area contributed by atoms with Crippen molar-refractivity contribution in [3.63, 3.8) is 0 Å². The normalized spacial score (nSPS) is 13.5. The quantitative estimate of drug-likeness (QED) is 0.768. The Kier molecular flexibility index (Phi) is 6.49. The summed E-state index contributed by atoms with van der Waals surface area (Å²) in [6, 6.07) is 6.00. The molecule has 0 aromatic heterocycles. The molecule has 0 saturated carbocycles. The molecule has 0 spiro atoms. The minimum Gasteiger partial charge on any atom is -0.379 e. The largest absolute Gasteiger partial charge is 0.391 e. The number of ether oxygens (including phenoxy) is 1. The molecule has 0 saturated heterocycles. The third-order valence-corrected chi connectivity index (χ3v) is 3.07. The molecule has 0 aliphatic heterocycles. The lowest BCUT2D eigenvalue weighted by atomic mass is 9.99. The van der Waals surface area contributed by atoms with Gasteiger partial charge in [-0.3, -0.25) is 0 Å². The zero-order valence-electron chi connectivity index (χ0n) is 12.2. The minimum atomic E-state index is -4.16. The molecule has 20 heavy (non-hydrogen) atoms. The Morgan fingerprint density at radius 1 is 1.25 bits per heavy atom. The molecule has 0 fully saturated rings. The molecule has 0 aliphatic rings. The maximum absolute atomic E-state index is 12.1. The van der Waals surface area contributed by atoms with Gasteiger partial charge >= 0.3 is 6.18 Å². The average molecular weight is 289 g/mol. The fourth-order valence-corrected chi connectivity index (χ4v) is 2.11. The predicted molar refractivity (Wildman–Crippen MR) is 73.8 cm³/mol. The van der Waals surface area contributed by atoms with Crippen molar-refractivity contribution in [1.29, 1.82) is 0 Å². The highest BCUT2D eigenvalue weighted by Gasteiger charge is 2.26. The standard InChI is InChI=1S/C15H22F3NO/c1-4-19-14(10-20-8-7-15(16,17)18)13-6-5-11(2)9-12(13)3/h5-6,9,14,19H,4,7-8,10H2,1-3H3. The molecule has 5 heteroatoms. The van der Waals surface area contributed by atoms with E-state index < -0.39 is 12.6 Å². The summed E-state index contributed by atoms with van der Waals surface area (Å²) in [5, 5.41) is 3.25. The summed E-state index contributed by atoms with van der Waals surface area (Å²) in [7, 11) is 0. The molecule has 1 rings (SSSR count).